The van der Waals surface area contributed by atoms with Crippen LogP contribution in [0.5, 0.6) is 0 Å². The lowest BCUT2D eigenvalue weighted by atomic mass is 10.2. The topological polar surface area (TPSA) is 112 Å². The number of hydrogen-bond donors (Lipinski definition) is 0. The van der Waals surface area contributed by atoms with Gasteiger partial charge in [0.15, 0.2) is 5.82 Å². The number of carbonyl (C=O) groups excluding carboxylic acids is 1. The van der Waals surface area contributed by atoms with Gasteiger partial charge in [-0.25, -0.2) is 18.1 Å². The Labute approximate surface area is 208 Å². The maximum Gasteiger partial charge on any atom is 0.293 e. The minimum absolute atomic E-state index is 0.0250. The minimum atomic E-state index is -3.86. The Morgan fingerprint density at radius 3 is 2.11 bits per heavy atom. The van der Waals surface area contributed by atoms with E-state index in [1.165, 1.54) is 16.4 Å². The van der Waals surface area contributed by atoms with E-state index in [9.17, 15) is 18.5 Å². The van der Waals surface area contributed by atoms with Crippen LogP contribution in [-0.2, 0) is 10.0 Å². The molecule has 3 aromatic carbocycles. The Kier molecular flexibility index (Phi) is 6.33. The van der Waals surface area contributed by atoms with Crippen LogP contribution in [0.15, 0.2) is 89.8 Å². The van der Waals surface area contributed by atoms with Crippen LogP contribution in [0.3, 0.4) is 0 Å². The van der Waals surface area contributed by atoms with Gasteiger partial charge in [-0.1, -0.05) is 60.7 Å². The Bertz CT molecular complexity index is 1480. The minimum Gasteiger partial charge on any atom is -0.333 e. The lowest BCUT2D eigenvalue weighted by Crippen LogP contribution is -2.50. The van der Waals surface area contributed by atoms with Crippen LogP contribution in [0.4, 0.5) is 0 Å². The third-order valence-corrected chi connectivity index (χ3v) is 7.94. The van der Waals surface area contributed by atoms with Crippen LogP contribution in [0.25, 0.3) is 17.1 Å². The van der Waals surface area contributed by atoms with E-state index in [1.54, 1.807) is 21.7 Å². The molecule has 0 atom stereocenters. The van der Waals surface area contributed by atoms with Gasteiger partial charge in [-0.2, -0.15) is 9.57 Å². The third kappa shape index (κ3) is 4.37. The number of hydrogen-bond acceptors (Lipinski definition) is 6. The summed E-state index contributed by atoms with van der Waals surface area (Å²) >= 11 is 0. The molecule has 180 valence electrons. The van der Waals surface area contributed by atoms with Gasteiger partial charge in [-0.3, -0.25) is 4.79 Å². The first kappa shape index (κ1) is 23.4. The Balaban J connectivity index is 1.38. The molecule has 0 N–H and O–H groups in total. The van der Waals surface area contributed by atoms with Crippen molar-refractivity contribution in [3.63, 3.8) is 0 Å². The summed E-state index contributed by atoms with van der Waals surface area (Å²) in [6.07, 6.45) is 0. The van der Waals surface area contributed by atoms with Crippen LogP contribution in [-0.4, -0.2) is 64.5 Å². The van der Waals surface area contributed by atoms with Crippen LogP contribution >= 0.6 is 0 Å². The SMILES string of the molecule is N#Cc1ccccc1S(=O)(=O)N1CCN(C(=O)c2nc(-c3ccccc3)n(-c3ccccc3)n2)CC1. The Morgan fingerprint density at radius 1 is 0.833 bits per heavy atom. The molecule has 10 heteroatoms. The molecule has 1 aromatic heterocycles. The first-order valence-corrected chi connectivity index (χ1v) is 12.8. The van der Waals surface area contributed by atoms with E-state index in [2.05, 4.69) is 10.1 Å². The maximum atomic E-state index is 13.3. The van der Waals surface area contributed by atoms with E-state index in [1.807, 2.05) is 66.7 Å². The van der Waals surface area contributed by atoms with Gasteiger partial charge < -0.3 is 4.90 Å². The summed E-state index contributed by atoms with van der Waals surface area (Å²) in [4.78, 5) is 19.4. The van der Waals surface area contributed by atoms with Crippen LogP contribution < -0.4 is 0 Å². The highest BCUT2D eigenvalue weighted by molar-refractivity contribution is 7.89. The highest BCUT2D eigenvalue weighted by Gasteiger charge is 2.33. The van der Waals surface area contributed by atoms with Crippen LogP contribution in [0.2, 0.25) is 0 Å². The number of nitriles is 1. The molecule has 1 aliphatic rings. The maximum absolute atomic E-state index is 13.3. The van der Waals surface area contributed by atoms with Crippen molar-refractivity contribution < 1.29 is 13.2 Å². The fraction of sp³-hybridized carbons (Fsp3) is 0.154. The third-order valence-electron chi connectivity index (χ3n) is 5.98. The second-order valence-electron chi connectivity index (χ2n) is 8.18. The van der Waals surface area contributed by atoms with Gasteiger partial charge in [0.2, 0.25) is 15.8 Å². The second kappa shape index (κ2) is 9.73. The molecular weight excluding hydrogens is 476 g/mol. The Morgan fingerprint density at radius 2 is 1.44 bits per heavy atom. The molecule has 4 aromatic rings. The standard InChI is InChI=1S/C26H22N6O3S/c27-19-21-11-7-8-14-23(21)36(34,35)31-17-15-30(16-18-31)26(33)24-28-25(20-9-3-1-4-10-20)32(29-24)22-12-5-2-6-13-22/h1-14H,15-18H2. The predicted octanol–water partition coefficient (Wildman–Crippen LogP) is 2.95. The molecule has 0 bridgehead atoms. The lowest BCUT2D eigenvalue weighted by Gasteiger charge is -2.33. The lowest BCUT2D eigenvalue weighted by molar-refractivity contribution is 0.0685. The molecule has 1 amide bonds. The largest absolute Gasteiger partial charge is 0.333 e. The summed E-state index contributed by atoms with van der Waals surface area (Å²) in [7, 11) is -3.86. The van der Waals surface area contributed by atoms with Gasteiger partial charge in [0.1, 0.15) is 6.07 Å². The molecule has 1 aliphatic heterocycles. The van der Waals surface area contributed by atoms with Gasteiger partial charge in [-0.05, 0) is 24.3 Å². The molecule has 0 saturated carbocycles. The van der Waals surface area contributed by atoms with Crippen LogP contribution in [0, 0.1) is 11.3 Å². The van der Waals surface area contributed by atoms with E-state index in [0.29, 0.717) is 5.82 Å². The average molecular weight is 499 g/mol. The normalized spacial score (nSPS) is 14.4. The first-order valence-electron chi connectivity index (χ1n) is 11.4. The average Bonchev–Trinajstić information content (AvgIpc) is 3.39. The fourth-order valence-electron chi connectivity index (χ4n) is 4.12. The zero-order valence-corrected chi connectivity index (χ0v) is 20.0. The van der Waals surface area contributed by atoms with E-state index in [0.717, 1.165) is 11.3 Å². The van der Waals surface area contributed by atoms with E-state index in [4.69, 9.17) is 0 Å². The van der Waals surface area contributed by atoms with Gasteiger partial charge in [0.05, 0.1) is 16.1 Å². The highest BCUT2D eigenvalue weighted by Crippen LogP contribution is 2.23. The zero-order chi connectivity index (χ0) is 25.1. The number of piperazine rings is 1. The molecule has 1 fully saturated rings. The number of aromatic nitrogens is 3. The molecule has 2 heterocycles. The number of benzene rings is 3. The molecule has 5 rings (SSSR count). The van der Waals surface area contributed by atoms with Crippen molar-refractivity contribution in [3.05, 3.63) is 96.3 Å². The quantitative estimate of drug-likeness (QED) is 0.418. The number of carbonyl (C=O) groups is 1. The summed E-state index contributed by atoms with van der Waals surface area (Å²) in [6, 6.07) is 27.0. The molecule has 1 saturated heterocycles. The summed E-state index contributed by atoms with van der Waals surface area (Å²) < 4.78 is 29.2. The van der Waals surface area contributed by atoms with Gasteiger partial charge >= 0.3 is 0 Å². The van der Waals surface area contributed by atoms with Crippen molar-refractivity contribution in [1.29, 1.82) is 5.26 Å². The molecule has 0 unspecified atom stereocenters. The van der Waals surface area contributed by atoms with Crippen molar-refractivity contribution >= 4 is 15.9 Å². The van der Waals surface area contributed by atoms with Crippen molar-refractivity contribution in [2.75, 3.05) is 26.2 Å². The van der Waals surface area contributed by atoms with Crippen molar-refractivity contribution in [1.82, 2.24) is 24.0 Å². The number of sulfonamides is 1. The predicted molar refractivity (Wildman–Crippen MR) is 133 cm³/mol. The number of amides is 1. The highest BCUT2D eigenvalue weighted by atomic mass is 32.2. The summed E-state index contributed by atoms with van der Waals surface area (Å²) in [5.74, 6) is 0.222. The fourth-order valence-corrected chi connectivity index (χ4v) is 5.69. The van der Waals surface area contributed by atoms with Gasteiger partial charge in [0, 0.05) is 31.7 Å². The number of nitrogens with zero attached hydrogens (tertiary/aromatic N) is 6. The molecule has 0 aliphatic carbocycles. The van der Waals surface area contributed by atoms with Gasteiger partial charge in [0.25, 0.3) is 5.91 Å². The summed E-state index contributed by atoms with van der Waals surface area (Å²) in [6.45, 7) is 0.595. The zero-order valence-electron chi connectivity index (χ0n) is 19.2. The molecule has 0 spiro atoms. The van der Waals surface area contributed by atoms with E-state index >= 15 is 0 Å². The number of para-hydroxylation sites is 1. The van der Waals surface area contributed by atoms with Crippen LogP contribution in [0.1, 0.15) is 16.2 Å². The molecule has 9 nitrogen and oxygen atoms in total. The van der Waals surface area contributed by atoms with Crippen molar-refractivity contribution in [2.45, 2.75) is 4.90 Å². The summed E-state index contributed by atoms with van der Waals surface area (Å²) in [5, 5.41) is 13.8. The number of rotatable bonds is 5. The van der Waals surface area contributed by atoms with Crippen molar-refractivity contribution in [2.24, 2.45) is 0 Å². The molecular formula is C26H22N6O3S. The first-order chi connectivity index (χ1) is 17.5. The summed E-state index contributed by atoms with van der Waals surface area (Å²) in [5.41, 5.74) is 1.69. The Hall–Kier alpha value is -4.33. The smallest absolute Gasteiger partial charge is 0.293 e. The second-order valence-corrected chi connectivity index (χ2v) is 10.1. The monoisotopic (exact) mass is 498 g/mol. The molecule has 0 radical (unpaired) electrons. The molecule has 36 heavy (non-hydrogen) atoms. The van der Waals surface area contributed by atoms with Crippen molar-refractivity contribution in [3.8, 4) is 23.1 Å². The van der Waals surface area contributed by atoms with Gasteiger partial charge in [-0.15, -0.1) is 5.10 Å². The van der Waals surface area contributed by atoms with E-state index < -0.39 is 10.0 Å². The van der Waals surface area contributed by atoms with E-state index in [-0.39, 0.29) is 48.4 Å².